The molecule has 0 fully saturated rings. The van der Waals surface area contributed by atoms with Crippen molar-refractivity contribution in [2.24, 2.45) is 0 Å². The number of halogens is 3. The third-order valence-corrected chi connectivity index (χ3v) is 3.58. The minimum Gasteiger partial charge on any atom is -0.368 e. The molecule has 3 aromatic rings. The van der Waals surface area contributed by atoms with E-state index in [0.29, 0.717) is 11.9 Å². The molecular weight excluding hydrogens is 363 g/mol. The van der Waals surface area contributed by atoms with Gasteiger partial charge in [-0.1, -0.05) is 0 Å². The molecule has 11 heteroatoms. The quantitative estimate of drug-likeness (QED) is 0.491. The summed E-state index contributed by atoms with van der Waals surface area (Å²) in [5, 5.41) is 15.6. The lowest BCUT2D eigenvalue weighted by molar-refractivity contribution is -0.137. The predicted molar refractivity (Wildman–Crippen MR) is 93.6 cm³/mol. The van der Waals surface area contributed by atoms with Gasteiger partial charge in [-0.05, 0) is 18.2 Å². The molecule has 0 aliphatic rings. The summed E-state index contributed by atoms with van der Waals surface area (Å²) in [5.41, 5.74) is 0.371. The highest BCUT2D eigenvalue weighted by molar-refractivity contribution is 5.82. The number of anilines is 3. The van der Waals surface area contributed by atoms with Crippen LogP contribution in [0.3, 0.4) is 0 Å². The van der Waals surface area contributed by atoms with Crippen LogP contribution in [-0.4, -0.2) is 39.2 Å². The largest absolute Gasteiger partial charge is 0.421 e. The predicted octanol–water partition coefficient (Wildman–Crippen LogP) is 2.66. The van der Waals surface area contributed by atoms with Crippen molar-refractivity contribution in [2.75, 3.05) is 23.7 Å². The monoisotopic (exact) mass is 379 g/mol. The van der Waals surface area contributed by atoms with Crippen LogP contribution in [-0.2, 0) is 11.0 Å². The second kappa shape index (κ2) is 7.48. The topological polar surface area (TPSA) is 108 Å². The van der Waals surface area contributed by atoms with Crippen molar-refractivity contribution < 1.29 is 18.0 Å². The first-order valence-corrected chi connectivity index (χ1v) is 7.95. The number of carbonyl (C=O) groups excluding carboxylic acids is 1. The Morgan fingerprint density at radius 3 is 2.78 bits per heavy atom. The van der Waals surface area contributed by atoms with E-state index in [9.17, 15) is 18.0 Å². The number of fused-ring (bicyclic) bond motifs is 1. The van der Waals surface area contributed by atoms with Gasteiger partial charge in [-0.3, -0.25) is 9.89 Å². The Balaban J connectivity index is 1.80. The van der Waals surface area contributed by atoms with Gasteiger partial charge >= 0.3 is 6.18 Å². The van der Waals surface area contributed by atoms with Crippen molar-refractivity contribution in [3.05, 3.63) is 36.2 Å². The molecule has 0 aliphatic heterocycles. The minimum atomic E-state index is -4.61. The Labute approximate surface area is 151 Å². The van der Waals surface area contributed by atoms with E-state index in [1.807, 2.05) is 0 Å². The smallest absolute Gasteiger partial charge is 0.368 e. The number of hydrogen-bond acceptors (Lipinski definition) is 6. The standard InChI is InChI=1S/C16H16F3N7O/c1-9(27)20-4-5-21-14-12(16(17,18)19)8-22-15(25-14)24-11-3-2-10-7-23-26-13(10)6-11/h2-3,6-8H,4-5H2,1H3,(H,20,27)(H,23,26)(H2,21,22,24,25). The molecule has 2 heterocycles. The summed E-state index contributed by atoms with van der Waals surface area (Å²) in [6, 6.07) is 5.29. The van der Waals surface area contributed by atoms with Crippen LogP contribution in [0, 0.1) is 0 Å². The molecule has 2 aromatic heterocycles. The fourth-order valence-electron chi connectivity index (χ4n) is 2.35. The summed E-state index contributed by atoms with van der Waals surface area (Å²) in [6.45, 7) is 1.57. The Hall–Kier alpha value is -3.37. The van der Waals surface area contributed by atoms with Gasteiger partial charge in [0.05, 0.1) is 11.7 Å². The third-order valence-electron chi connectivity index (χ3n) is 3.58. The zero-order chi connectivity index (χ0) is 19.4. The van der Waals surface area contributed by atoms with E-state index in [4.69, 9.17) is 0 Å². The van der Waals surface area contributed by atoms with Crippen molar-refractivity contribution in [3.63, 3.8) is 0 Å². The Kier molecular flexibility index (Phi) is 5.10. The van der Waals surface area contributed by atoms with Crippen molar-refractivity contribution in [1.29, 1.82) is 0 Å². The van der Waals surface area contributed by atoms with Crippen LogP contribution in [0.2, 0.25) is 0 Å². The van der Waals surface area contributed by atoms with Crippen LogP contribution in [0.5, 0.6) is 0 Å². The molecule has 142 valence electrons. The molecule has 0 unspecified atom stereocenters. The van der Waals surface area contributed by atoms with Crippen molar-refractivity contribution in [3.8, 4) is 0 Å². The number of benzene rings is 1. The first kappa shape index (κ1) is 18.4. The fraction of sp³-hybridized carbons (Fsp3) is 0.250. The van der Waals surface area contributed by atoms with E-state index in [0.717, 1.165) is 10.9 Å². The second-order valence-corrected chi connectivity index (χ2v) is 5.66. The molecular formula is C16H16F3N7O. The van der Waals surface area contributed by atoms with E-state index < -0.39 is 11.7 Å². The van der Waals surface area contributed by atoms with Gasteiger partial charge in [-0.25, -0.2) is 4.98 Å². The maximum absolute atomic E-state index is 13.2. The molecule has 0 spiro atoms. The summed E-state index contributed by atoms with van der Waals surface area (Å²) >= 11 is 0. The number of alkyl halides is 3. The number of amides is 1. The van der Waals surface area contributed by atoms with Crippen molar-refractivity contribution >= 4 is 34.3 Å². The lowest BCUT2D eigenvalue weighted by atomic mass is 10.2. The van der Waals surface area contributed by atoms with Gasteiger partial charge in [0.15, 0.2) is 0 Å². The zero-order valence-corrected chi connectivity index (χ0v) is 14.2. The summed E-state index contributed by atoms with van der Waals surface area (Å²) in [7, 11) is 0. The SMILES string of the molecule is CC(=O)NCCNc1nc(Nc2ccc3cn[nH]c3c2)ncc1C(F)(F)F. The van der Waals surface area contributed by atoms with Crippen LogP contribution in [0.15, 0.2) is 30.6 Å². The minimum absolute atomic E-state index is 0.00360. The Bertz CT molecular complexity index is 955. The summed E-state index contributed by atoms with van der Waals surface area (Å²) in [4.78, 5) is 18.5. The first-order valence-electron chi connectivity index (χ1n) is 7.95. The highest BCUT2D eigenvalue weighted by Crippen LogP contribution is 2.34. The molecule has 0 bridgehead atoms. The number of aromatic amines is 1. The van der Waals surface area contributed by atoms with Crippen molar-refractivity contribution in [2.45, 2.75) is 13.1 Å². The number of hydrogen-bond donors (Lipinski definition) is 4. The molecule has 1 amide bonds. The maximum atomic E-state index is 13.2. The molecule has 0 saturated heterocycles. The maximum Gasteiger partial charge on any atom is 0.421 e. The Morgan fingerprint density at radius 2 is 2.04 bits per heavy atom. The zero-order valence-electron chi connectivity index (χ0n) is 14.2. The molecule has 4 N–H and O–H groups in total. The molecule has 8 nitrogen and oxygen atoms in total. The number of carbonyl (C=O) groups is 1. The first-order chi connectivity index (χ1) is 12.8. The van der Waals surface area contributed by atoms with E-state index in [2.05, 4.69) is 36.1 Å². The number of aromatic nitrogens is 4. The number of rotatable bonds is 6. The fourth-order valence-corrected chi connectivity index (χ4v) is 2.35. The molecule has 0 radical (unpaired) electrons. The van der Waals surface area contributed by atoms with Crippen molar-refractivity contribution in [1.82, 2.24) is 25.5 Å². The lowest BCUT2D eigenvalue weighted by Crippen LogP contribution is -2.27. The average Bonchev–Trinajstić information content (AvgIpc) is 3.05. The number of nitrogens with one attached hydrogen (secondary N) is 4. The second-order valence-electron chi connectivity index (χ2n) is 5.66. The normalized spacial score (nSPS) is 11.4. The van der Waals surface area contributed by atoms with Crippen LogP contribution >= 0.6 is 0 Å². The van der Waals surface area contributed by atoms with E-state index in [-0.39, 0.29) is 30.8 Å². The molecule has 0 aliphatic carbocycles. The highest BCUT2D eigenvalue weighted by Gasteiger charge is 2.35. The van der Waals surface area contributed by atoms with E-state index in [1.165, 1.54) is 6.92 Å². The van der Waals surface area contributed by atoms with Gasteiger partial charge in [0, 0.05) is 37.3 Å². The summed E-state index contributed by atoms with van der Waals surface area (Å²) in [6.07, 6.45) is -2.24. The molecule has 1 aromatic carbocycles. The number of nitrogens with zero attached hydrogens (tertiary/aromatic N) is 3. The van der Waals surface area contributed by atoms with Crippen LogP contribution < -0.4 is 16.0 Å². The number of H-pyrrole nitrogens is 1. The highest BCUT2D eigenvalue weighted by atomic mass is 19.4. The lowest BCUT2D eigenvalue weighted by Gasteiger charge is -2.15. The van der Waals surface area contributed by atoms with Crippen LogP contribution in [0.4, 0.5) is 30.6 Å². The van der Waals surface area contributed by atoms with Crippen LogP contribution in [0.25, 0.3) is 10.9 Å². The summed E-state index contributed by atoms with van der Waals surface area (Å²) in [5.74, 6) is -0.635. The van der Waals surface area contributed by atoms with E-state index in [1.54, 1.807) is 24.4 Å². The van der Waals surface area contributed by atoms with Gasteiger partial charge < -0.3 is 16.0 Å². The Morgan fingerprint density at radius 1 is 1.22 bits per heavy atom. The molecule has 3 rings (SSSR count). The van der Waals surface area contributed by atoms with Crippen LogP contribution in [0.1, 0.15) is 12.5 Å². The van der Waals surface area contributed by atoms with Gasteiger partial charge in [0.2, 0.25) is 11.9 Å². The van der Waals surface area contributed by atoms with Gasteiger partial charge in [-0.2, -0.15) is 23.3 Å². The third kappa shape index (κ3) is 4.63. The summed E-state index contributed by atoms with van der Waals surface area (Å²) < 4.78 is 39.5. The van der Waals surface area contributed by atoms with Gasteiger partial charge in [0.25, 0.3) is 0 Å². The van der Waals surface area contributed by atoms with E-state index >= 15 is 0 Å². The molecule has 0 atom stereocenters. The average molecular weight is 379 g/mol. The molecule has 0 saturated carbocycles. The van der Waals surface area contributed by atoms with Gasteiger partial charge in [0.1, 0.15) is 11.4 Å². The molecule has 27 heavy (non-hydrogen) atoms. The van der Waals surface area contributed by atoms with Gasteiger partial charge in [-0.15, -0.1) is 0 Å².